The fourth-order valence-corrected chi connectivity index (χ4v) is 4.21. The number of nitrogens with one attached hydrogen (secondary N) is 1. The Morgan fingerprint density at radius 1 is 1.11 bits per heavy atom. The lowest BCUT2D eigenvalue weighted by atomic mass is 9.97. The van der Waals surface area contributed by atoms with Crippen molar-refractivity contribution in [3.05, 3.63) is 40.8 Å². The molecular formula is C20H22F6N4O5S. The van der Waals surface area contributed by atoms with Crippen LogP contribution >= 0.6 is 11.3 Å². The highest BCUT2D eigenvalue weighted by Gasteiger charge is 2.45. The van der Waals surface area contributed by atoms with Gasteiger partial charge in [-0.05, 0) is 23.9 Å². The Balaban J connectivity index is 0.000000271. The van der Waals surface area contributed by atoms with Crippen LogP contribution in [-0.2, 0) is 20.9 Å². The van der Waals surface area contributed by atoms with Crippen LogP contribution in [0, 0.1) is 0 Å². The Morgan fingerprint density at radius 2 is 1.69 bits per heavy atom. The van der Waals surface area contributed by atoms with Crippen molar-refractivity contribution in [2.75, 3.05) is 25.0 Å². The molecule has 2 saturated heterocycles. The largest absolute Gasteiger partial charge is 0.490 e. The maximum Gasteiger partial charge on any atom is 0.490 e. The van der Waals surface area contributed by atoms with Crippen molar-refractivity contribution in [1.29, 1.82) is 0 Å². The summed E-state index contributed by atoms with van der Waals surface area (Å²) in [5.74, 6) is -4.82. The monoisotopic (exact) mass is 544 g/mol. The smallest absolute Gasteiger partial charge is 0.475 e. The predicted octanol–water partition coefficient (Wildman–Crippen LogP) is 3.65. The summed E-state index contributed by atoms with van der Waals surface area (Å²) in [4.78, 5) is 30.2. The van der Waals surface area contributed by atoms with E-state index >= 15 is 0 Å². The number of carboxylic acid groups (broad SMARTS) is 2. The quantitative estimate of drug-likeness (QED) is 0.495. The van der Waals surface area contributed by atoms with E-state index in [-0.39, 0.29) is 5.60 Å². The molecule has 4 rings (SSSR count). The lowest BCUT2D eigenvalue weighted by Gasteiger charge is -2.23. The number of carbonyl (C=O) groups is 2. The van der Waals surface area contributed by atoms with Crippen LogP contribution < -0.4 is 5.32 Å². The zero-order valence-corrected chi connectivity index (χ0v) is 19.2. The number of aliphatic carboxylic acids is 2. The molecule has 2 aliphatic heterocycles. The zero-order valence-electron chi connectivity index (χ0n) is 18.4. The van der Waals surface area contributed by atoms with Crippen LogP contribution in [-0.4, -0.2) is 80.7 Å². The fourth-order valence-electron chi connectivity index (χ4n) is 3.46. The molecule has 0 radical (unpaired) electrons. The van der Waals surface area contributed by atoms with Gasteiger partial charge in [-0.3, -0.25) is 4.90 Å². The minimum Gasteiger partial charge on any atom is -0.475 e. The Hall–Kier alpha value is -2.98. The summed E-state index contributed by atoms with van der Waals surface area (Å²) in [6.07, 6.45) is -4.49. The SMILES string of the molecule is O=C(O)C(F)(F)F.O=C(O)C(F)(F)F.c1cnc(NC2COC3(CCN(Cc4cccs4)C3)C2)nc1. The molecule has 16 heteroatoms. The molecule has 3 N–H and O–H groups in total. The minimum atomic E-state index is -5.08. The van der Waals surface area contributed by atoms with Crippen molar-refractivity contribution in [2.24, 2.45) is 0 Å². The summed E-state index contributed by atoms with van der Waals surface area (Å²) >= 11 is 1.83. The van der Waals surface area contributed by atoms with E-state index in [9.17, 15) is 26.3 Å². The Bertz CT molecular complexity index is 953. The Labute approximate surface area is 204 Å². The molecule has 9 nitrogen and oxygen atoms in total. The first kappa shape index (κ1) is 29.3. The molecule has 4 heterocycles. The number of alkyl halides is 6. The number of carboxylic acids is 2. The van der Waals surface area contributed by atoms with E-state index in [4.69, 9.17) is 24.5 Å². The van der Waals surface area contributed by atoms with Crippen LogP contribution in [0.1, 0.15) is 17.7 Å². The zero-order chi connectivity index (χ0) is 27.0. The highest BCUT2D eigenvalue weighted by molar-refractivity contribution is 7.09. The number of hydrogen-bond acceptors (Lipinski definition) is 8. The van der Waals surface area contributed by atoms with Crippen molar-refractivity contribution in [3.63, 3.8) is 0 Å². The number of ether oxygens (including phenoxy) is 1. The van der Waals surface area contributed by atoms with Crippen LogP contribution in [0.15, 0.2) is 36.0 Å². The van der Waals surface area contributed by atoms with Gasteiger partial charge in [0, 0.05) is 43.3 Å². The Kier molecular flexibility index (Phi) is 10.0. The standard InChI is InChI=1S/C16H20N4OS.2C2HF3O2/c1-3-14(22-8-1)10-20-7-4-16(12-20)9-13(11-21-16)19-15-17-5-2-6-18-15;2*3-2(4,5)1(6)7/h1-3,5-6,8,13H,4,7,9-12H2,(H,17,18,19);2*(H,6,7). The van der Waals surface area contributed by atoms with Gasteiger partial charge in [-0.2, -0.15) is 26.3 Å². The van der Waals surface area contributed by atoms with Gasteiger partial charge < -0.3 is 20.3 Å². The van der Waals surface area contributed by atoms with Gasteiger partial charge in [0.25, 0.3) is 0 Å². The molecule has 0 aromatic carbocycles. The van der Waals surface area contributed by atoms with Crippen LogP contribution in [0.2, 0.25) is 0 Å². The van der Waals surface area contributed by atoms with Crippen LogP contribution in [0.25, 0.3) is 0 Å². The van der Waals surface area contributed by atoms with Crippen molar-refractivity contribution in [3.8, 4) is 0 Å². The fraction of sp³-hybridized carbons (Fsp3) is 0.500. The first-order chi connectivity index (χ1) is 16.7. The average molecular weight is 544 g/mol. The number of halogens is 6. The van der Waals surface area contributed by atoms with Gasteiger partial charge in [0.2, 0.25) is 5.95 Å². The summed E-state index contributed by atoms with van der Waals surface area (Å²) in [5.41, 5.74) is 0.0176. The first-order valence-electron chi connectivity index (χ1n) is 10.2. The normalized spacial score (nSPS) is 21.8. The molecule has 2 aliphatic rings. The topological polar surface area (TPSA) is 125 Å². The molecule has 2 aromatic heterocycles. The second-order valence-electron chi connectivity index (χ2n) is 7.76. The number of likely N-dealkylation sites (tertiary alicyclic amines) is 1. The molecule has 2 fully saturated rings. The third kappa shape index (κ3) is 9.58. The summed E-state index contributed by atoms with van der Waals surface area (Å²) in [5, 5.41) is 19.8. The molecule has 0 bridgehead atoms. The molecule has 0 amide bonds. The third-order valence-electron chi connectivity index (χ3n) is 4.95. The molecular weight excluding hydrogens is 522 g/mol. The van der Waals surface area contributed by atoms with Crippen LogP contribution in [0.4, 0.5) is 32.3 Å². The second kappa shape index (κ2) is 12.3. The summed E-state index contributed by atoms with van der Waals surface area (Å²) in [7, 11) is 0. The van der Waals surface area contributed by atoms with E-state index in [1.165, 1.54) is 4.88 Å². The predicted molar refractivity (Wildman–Crippen MR) is 114 cm³/mol. The van der Waals surface area contributed by atoms with Gasteiger partial charge in [-0.25, -0.2) is 19.6 Å². The van der Waals surface area contributed by atoms with E-state index in [1.807, 2.05) is 17.4 Å². The van der Waals surface area contributed by atoms with Gasteiger partial charge in [0.15, 0.2) is 0 Å². The van der Waals surface area contributed by atoms with Gasteiger partial charge in [0.05, 0.1) is 18.2 Å². The second-order valence-corrected chi connectivity index (χ2v) is 8.79. The summed E-state index contributed by atoms with van der Waals surface area (Å²) < 4.78 is 69.7. The number of hydrogen-bond donors (Lipinski definition) is 3. The van der Waals surface area contributed by atoms with E-state index < -0.39 is 24.3 Å². The molecule has 0 saturated carbocycles. The molecule has 36 heavy (non-hydrogen) atoms. The van der Waals surface area contributed by atoms with Gasteiger partial charge >= 0.3 is 24.3 Å². The van der Waals surface area contributed by atoms with Crippen molar-refractivity contribution >= 4 is 29.2 Å². The Morgan fingerprint density at radius 3 is 2.19 bits per heavy atom. The highest BCUT2D eigenvalue weighted by Crippen LogP contribution is 2.36. The summed E-state index contributed by atoms with van der Waals surface area (Å²) in [6, 6.07) is 6.47. The molecule has 2 aromatic rings. The van der Waals surface area contributed by atoms with Crippen molar-refractivity contribution in [2.45, 2.75) is 43.4 Å². The lowest BCUT2D eigenvalue weighted by Crippen LogP contribution is -2.33. The maximum absolute atomic E-state index is 10.6. The van der Waals surface area contributed by atoms with Crippen molar-refractivity contribution in [1.82, 2.24) is 14.9 Å². The summed E-state index contributed by atoms with van der Waals surface area (Å²) in [6.45, 7) is 3.93. The number of thiophene rings is 1. The minimum absolute atomic E-state index is 0.0176. The van der Waals surface area contributed by atoms with E-state index in [2.05, 4.69) is 37.7 Å². The first-order valence-corrected chi connectivity index (χ1v) is 11.1. The molecule has 200 valence electrons. The number of anilines is 1. The van der Waals surface area contributed by atoms with Gasteiger partial charge in [-0.1, -0.05) is 6.07 Å². The van der Waals surface area contributed by atoms with E-state index in [0.717, 1.165) is 39.1 Å². The van der Waals surface area contributed by atoms with E-state index in [1.54, 1.807) is 12.4 Å². The maximum atomic E-state index is 10.6. The van der Waals surface area contributed by atoms with Crippen molar-refractivity contribution < 1.29 is 50.9 Å². The van der Waals surface area contributed by atoms with E-state index in [0.29, 0.717) is 12.0 Å². The molecule has 2 unspecified atom stereocenters. The van der Waals surface area contributed by atoms with Gasteiger partial charge in [-0.15, -0.1) is 11.3 Å². The third-order valence-corrected chi connectivity index (χ3v) is 5.81. The molecule has 2 atom stereocenters. The average Bonchev–Trinajstić information content (AvgIpc) is 3.52. The number of nitrogens with zero attached hydrogens (tertiary/aromatic N) is 3. The molecule has 0 aliphatic carbocycles. The number of rotatable bonds is 4. The highest BCUT2D eigenvalue weighted by atomic mass is 32.1. The lowest BCUT2D eigenvalue weighted by molar-refractivity contribution is -0.193. The van der Waals surface area contributed by atoms with Crippen LogP contribution in [0.3, 0.4) is 0 Å². The van der Waals surface area contributed by atoms with Gasteiger partial charge in [0.1, 0.15) is 0 Å². The van der Waals surface area contributed by atoms with Crippen LogP contribution in [0.5, 0.6) is 0 Å². The molecule has 1 spiro atoms. The number of aromatic nitrogens is 2.